The Morgan fingerprint density at radius 3 is 1.58 bits per heavy atom. The summed E-state index contributed by atoms with van der Waals surface area (Å²) in [6.45, 7) is 0. The molecule has 2 aliphatic rings. The van der Waals surface area contributed by atoms with Crippen LogP contribution < -0.4 is 0 Å². The number of fused-ring (bicyclic) bond motifs is 9. The van der Waals surface area contributed by atoms with Gasteiger partial charge in [-0.3, -0.25) is 0 Å². The minimum atomic E-state index is -0.540. The van der Waals surface area contributed by atoms with Gasteiger partial charge in [-0.2, -0.15) is 0 Å². The van der Waals surface area contributed by atoms with Crippen LogP contribution in [0, 0.1) is 0 Å². The first kappa shape index (κ1) is 26.4. The van der Waals surface area contributed by atoms with E-state index in [1.807, 2.05) is 66.7 Å². The smallest absolute Gasteiger partial charge is 0.165 e. The normalized spacial score (nSPS) is 13.5. The van der Waals surface area contributed by atoms with Crippen LogP contribution in [0.15, 0.2) is 155 Å². The van der Waals surface area contributed by atoms with Crippen molar-refractivity contribution in [3.8, 4) is 45.3 Å². The largest absolute Gasteiger partial charge is 0.208 e. The Morgan fingerprint density at radius 1 is 0.444 bits per heavy atom. The molecule has 1 aliphatic carbocycles. The standard InChI is InChI=1S/C40H24ClN3S/c41-27-22-23-35-34(24-27)40(31-19-9-7-16-28(31)29-17-8-10-20-32(29)40)33-21-11-18-30(36(33)45-35)39-43-37(25-12-3-1-4-13-25)42-38(44-39)26-14-5-2-6-15-26/h1-24H. The maximum absolute atomic E-state index is 6.76. The topological polar surface area (TPSA) is 38.7 Å². The third-order valence-electron chi connectivity index (χ3n) is 8.87. The molecule has 0 saturated heterocycles. The maximum Gasteiger partial charge on any atom is 0.165 e. The molecule has 0 amide bonds. The number of aromatic nitrogens is 3. The Kier molecular flexibility index (Phi) is 6.02. The van der Waals surface area contributed by atoms with Gasteiger partial charge in [-0.1, -0.05) is 151 Å². The van der Waals surface area contributed by atoms with Crippen LogP contribution in [-0.4, -0.2) is 15.0 Å². The molecule has 45 heavy (non-hydrogen) atoms. The Hall–Kier alpha value is -5.03. The van der Waals surface area contributed by atoms with Crippen molar-refractivity contribution in [2.24, 2.45) is 0 Å². The van der Waals surface area contributed by atoms with Gasteiger partial charge in [0.2, 0.25) is 0 Å². The summed E-state index contributed by atoms with van der Waals surface area (Å²) in [6.07, 6.45) is 0. The van der Waals surface area contributed by atoms with Gasteiger partial charge in [-0.15, -0.1) is 0 Å². The zero-order valence-electron chi connectivity index (χ0n) is 24.0. The first-order valence-electron chi connectivity index (χ1n) is 14.9. The van der Waals surface area contributed by atoms with Crippen LogP contribution >= 0.6 is 23.4 Å². The fourth-order valence-electron chi connectivity index (χ4n) is 7.00. The van der Waals surface area contributed by atoms with Gasteiger partial charge in [-0.05, 0) is 51.6 Å². The number of hydrogen-bond acceptors (Lipinski definition) is 4. The van der Waals surface area contributed by atoms with Gasteiger partial charge in [-0.25, -0.2) is 15.0 Å². The Balaban J connectivity index is 1.36. The van der Waals surface area contributed by atoms with Crippen LogP contribution in [0.5, 0.6) is 0 Å². The Morgan fingerprint density at radius 2 is 0.956 bits per heavy atom. The molecule has 1 aromatic heterocycles. The summed E-state index contributed by atoms with van der Waals surface area (Å²) in [5.41, 5.74) is 9.78. The van der Waals surface area contributed by atoms with E-state index in [4.69, 9.17) is 26.6 Å². The van der Waals surface area contributed by atoms with E-state index in [0.29, 0.717) is 17.5 Å². The van der Waals surface area contributed by atoms with E-state index in [2.05, 4.69) is 78.9 Å². The zero-order chi connectivity index (χ0) is 30.0. The number of benzene rings is 6. The molecule has 0 fully saturated rings. The van der Waals surface area contributed by atoms with Crippen molar-refractivity contribution < 1.29 is 0 Å². The highest BCUT2D eigenvalue weighted by atomic mass is 35.5. The molecule has 0 unspecified atom stereocenters. The molecule has 0 atom stereocenters. The van der Waals surface area contributed by atoms with Crippen molar-refractivity contribution in [1.29, 1.82) is 0 Å². The minimum absolute atomic E-state index is 0.540. The lowest BCUT2D eigenvalue weighted by molar-refractivity contribution is 0.723. The molecule has 1 aliphatic heterocycles. The van der Waals surface area contributed by atoms with Crippen molar-refractivity contribution in [2.45, 2.75) is 15.2 Å². The van der Waals surface area contributed by atoms with E-state index in [9.17, 15) is 0 Å². The summed E-state index contributed by atoms with van der Waals surface area (Å²) in [5, 5.41) is 0.729. The fourth-order valence-corrected chi connectivity index (χ4v) is 8.45. The predicted molar refractivity (Wildman–Crippen MR) is 183 cm³/mol. The number of nitrogens with zero attached hydrogens (tertiary/aromatic N) is 3. The Labute approximate surface area is 270 Å². The van der Waals surface area contributed by atoms with Gasteiger partial charge in [0.25, 0.3) is 0 Å². The first-order valence-corrected chi connectivity index (χ1v) is 16.1. The summed E-state index contributed by atoms with van der Waals surface area (Å²) < 4.78 is 0. The van der Waals surface area contributed by atoms with Crippen LogP contribution in [0.25, 0.3) is 45.3 Å². The zero-order valence-corrected chi connectivity index (χ0v) is 25.6. The van der Waals surface area contributed by atoms with E-state index < -0.39 is 5.41 Å². The van der Waals surface area contributed by atoms with Gasteiger partial charge in [0.05, 0.1) is 5.41 Å². The van der Waals surface area contributed by atoms with E-state index in [-0.39, 0.29) is 0 Å². The summed E-state index contributed by atoms with van der Waals surface area (Å²) in [7, 11) is 0. The average molecular weight is 614 g/mol. The first-order chi connectivity index (χ1) is 22.2. The molecule has 6 aromatic carbocycles. The SMILES string of the molecule is Clc1ccc2c(c1)C1(c3ccccc3-c3ccccc31)c1cccc(-c3nc(-c4ccccc4)nc(-c4ccccc4)n3)c1S2. The molecule has 7 aromatic rings. The monoisotopic (exact) mass is 613 g/mol. The second kappa shape index (κ2) is 10.3. The van der Waals surface area contributed by atoms with Gasteiger partial charge in [0.1, 0.15) is 0 Å². The van der Waals surface area contributed by atoms with Gasteiger partial charge in [0, 0.05) is 31.5 Å². The molecular weight excluding hydrogens is 590 g/mol. The minimum Gasteiger partial charge on any atom is -0.208 e. The molecule has 0 N–H and O–H groups in total. The lowest BCUT2D eigenvalue weighted by Gasteiger charge is -2.40. The van der Waals surface area contributed by atoms with Crippen molar-refractivity contribution in [2.75, 3.05) is 0 Å². The van der Waals surface area contributed by atoms with Crippen molar-refractivity contribution in [3.63, 3.8) is 0 Å². The predicted octanol–water partition coefficient (Wildman–Crippen LogP) is 10.4. The van der Waals surface area contributed by atoms with E-state index in [1.165, 1.54) is 38.3 Å². The highest BCUT2D eigenvalue weighted by molar-refractivity contribution is 7.99. The molecule has 0 bridgehead atoms. The summed E-state index contributed by atoms with van der Waals surface area (Å²) in [5.74, 6) is 1.95. The van der Waals surface area contributed by atoms with Gasteiger partial charge >= 0.3 is 0 Å². The van der Waals surface area contributed by atoms with Crippen molar-refractivity contribution >= 4 is 23.4 Å². The quantitative estimate of drug-likeness (QED) is 0.199. The van der Waals surface area contributed by atoms with Crippen LogP contribution in [0.3, 0.4) is 0 Å². The highest BCUT2D eigenvalue weighted by Gasteiger charge is 2.50. The molecule has 212 valence electrons. The van der Waals surface area contributed by atoms with Gasteiger partial charge < -0.3 is 0 Å². The van der Waals surface area contributed by atoms with Crippen LogP contribution in [0.1, 0.15) is 22.3 Å². The van der Waals surface area contributed by atoms with Crippen LogP contribution in [0.4, 0.5) is 0 Å². The van der Waals surface area contributed by atoms with E-state index >= 15 is 0 Å². The fraction of sp³-hybridized carbons (Fsp3) is 0.0250. The van der Waals surface area contributed by atoms with Crippen molar-refractivity contribution in [1.82, 2.24) is 15.0 Å². The molecule has 9 rings (SSSR count). The summed E-state index contributed by atoms with van der Waals surface area (Å²) in [6, 6.07) is 50.7. The molecule has 2 heterocycles. The number of halogens is 1. The Bertz CT molecular complexity index is 2160. The summed E-state index contributed by atoms with van der Waals surface area (Å²) in [4.78, 5) is 17.5. The highest BCUT2D eigenvalue weighted by Crippen LogP contribution is 2.63. The van der Waals surface area contributed by atoms with E-state index in [0.717, 1.165) is 26.6 Å². The third-order valence-corrected chi connectivity index (χ3v) is 10.3. The summed E-state index contributed by atoms with van der Waals surface area (Å²) >= 11 is 8.53. The average Bonchev–Trinajstić information content (AvgIpc) is 3.40. The second-order valence-corrected chi connectivity index (χ2v) is 12.8. The maximum atomic E-state index is 6.76. The second-order valence-electron chi connectivity index (χ2n) is 11.3. The van der Waals surface area contributed by atoms with Crippen molar-refractivity contribution in [3.05, 3.63) is 173 Å². The van der Waals surface area contributed by atoms with E-state index in [1.54, 1.807) is 11.8 Å². The molecule has 1 spiro atoms. The molecule has 0 saturated carbocycles. The van der Waals surface area contributed by atoms with Gasteiger partial charge in [0.15, 0.2) is 17.5 Å². The third kappa shape index (κ3) is 3.96. The lowest BCUT2D eigenvalue weighted by atomic mass is 9.67. The van der Waals surface area contributed by atoms with Crippen LogP contribution in [0.2, 0.25) is 5.02 Å². The molecule has 3 nitrogen and oxygen atoms in total. The lowest BCUT2D eigenvalue weighted by Crippen LogP contribution is -2.32. The number of hydrogen-bond donors (Lipinski definition) is 0. The molecular formula is C40H24ClN3S. The molecule has 0 radical (unpaired) electrons. The molecule has 5 heteroatoms. The number of rotatable bonds is 3. The van der Waals surface area contributed by atoms with Crippen LogP contribution in [-0.2, 0) is 5.41 Å².